The van der Waals surface area contributed by atoms with Gasteiger partial charge in [-0.3, -0.25) is 5.32 Å². The summed E-state index contributed by atoms with van der Waals surface area (Å²) in [4.78, 5) is 9.92. The quantitative estimate of drug-likeness (QED) is 0.510. The number of nitriles is 1. The van der Waals surface area contributed by atoms with E-state index < -0.39 is 6.16 Å². The van der Waals surface area contributed by atoms with E-state index in [0.717, 1.165) is 0 Å². The van der Waals surface area contributed by atoms with Crippen molar-refractivity contribution in [2.45, 2.75) is 0 Å². The Hall–Kier alpha value is -1.89. The summed E-state index contributed by atoms with van der Waals surface area (Å²) in [5.41, 5.74) is 0.799. The highest BCUT2D eigenvalue weighted by Gasteiger charge is 1.97. The lowest BCUT2D eigenvalue weighted by Crippen LogP contribution is -2.01. The second kappa shape index (κ2) is 3.49. The number of hydrogen-bond acceptors (Lipinski definition) is 2. The van der Waals surface area contributed by atoms with Crippen molar-refractivity contribution in [1.29, 1.82) is 5.26 Å². The van der Waals surface area contributed by atoms with Gasteiger partial charge in [-0.15, -0.1) is 4.39 Å². The average Bonchev–Trinajstić information content (AvgIpc) is 2.05. The van der Waals surface area contributed by atoms with Gasteiger partial charge in [-0.2, -0.15) is 5.26 Å². The number of hydrogen-bond donors (Lipinski definition) is 1. The molecule has 1 aromatic rings. The maximum absolute atomic E-state index is 11.8. The monoisotopic (exact) mass is 164 g/mol. The van der Waals surface area contributed by atoms with Gasteiger partial charge in [0, 0.05) is 5.69 Å². The van der Waals surface area contributed by atoms with E-state index in [1.54, 1.807) is 0 Å². The molecule has 0 radical (unpaired) electrons. The minimum atomic E-state index is -1.61. The highest BCUT2D eigenvalue weighted by molar-refractivity contribution is 5.83. The Labute approximate surface area is 68.4 Å². The fourth-order valence-corrected chi connectivity index (χ4v) is 0.742. The summed E-state index contributed by atoms with van der Waals surface area (Å²) in [6.45, 7) is 0. The molecule has 4 heteroatoms. The first kappa shape index (κ1) is 8.21. The molecular weight excluding hydrogens is 159 g/mol. The van der Waals surface area contributed by atoms with Gasteiger partial charge in [-0.25, -0.2) is 4.79 Å². The van der Waals surface area contributed by atoms with E-state index in [1.807, 2.05) is 11.4 Å². The van der Waals surface area contributed by atoms with Crippen LogP contribution in [0.5, 0.6) is 0 Å². The Morgan fingerprint density at radius 2 is 2.00 bits per heavy atom. The van der Waals surface area contributed by atoms with Crippen LogP contribution in [-0.4, -0.2) is 6.16 Å². The third-order valence-corrected chi connectivity index (χ3v) is 1.26. The van der Waals surface area contributed by atoms with Crippen molar-refractivity contribution in [3.63, 3.8) is 0 Å². The molecule has 3 nitrogen and oxygen atoms in total. The molecule has 1 aromatic carbocycles. The van der Waals surface area contributed by atoms with E-state index in [9.17, 15) is 9.18 Å². The summed E-state index contributed by atoms with van der Waals surface area (Å²) in [6.07, 6.45) is -1.61. The molecule has 0 bridgehead atoms. The second-order valence-corrected chi connectivity index (χ2v) is 2.09. The summed E-state index contributed by atoms with van der Waals surface area (Å²) in [6, 6.07) is 7.79. The zero-order valence-corrected chi connectivity index (χ0v) is 6.04. The Bertz CT molecular complexity index is 326. The number of nitrogens with zero attached hydrogens (tertiary/aromatic N) is 1. The molecule has 0 saturated carbocycles. The van der Waals surface area contributed by atoms with Crippen LogP contribution in [0.2, 0.25) is 0 Å². The van der Waals surface area contributed by atoms with Crippen LogP contribution in [0.15, 0.2) is 24.3 Å². The van der Waals surface area contributed by atoms with Crippen molar-refractivity contribution in [3.05, 3.63) is 29.8 Å². The van der Waals surface area contributed by atoms with Gasteiger partial charge in [0.15, 0.2) is 0 Å². The smallest absolute Gasteiger partial charge is 0.298 e. The lowest BCUT2D eigenvalue weighted by Gasteiger charge is -1.97. The molecular formula is C8H5FN2O. The first-order valence-electron chi connectivity index (χ1n) is 3.19. The topological polar surface area (TPSA) is 52.9 Å². The van der Waals surface area contributed by atoms with E-state index in [4.69, 9.17) is 5.26 Å². The number of carbonyl (C=O) groups excluding carboxylic acids is 1. The summed E-state index contributed by atoms with van der Waals surface area (Å²) in [7, 11) is 0. The van der Waals surface area contributed by atoms with E-state index >= 15 is 0 Å². The highest BCUT2D eigenvalue weighted by atomic mass is 19.1. The van der Waals surface area contributed by atoms with Crippen LogP contribution in [-0.2, 0) is 0 Å². The van der Waals surface area contributed by atoms with Gasteiger partial charge in [-0.05, 0) is 24.3 Å². The summed E-state index contributed by atoms with van der Waals surface area (Å²) in [5, 5.41) is 10.3. The summed E-state index contributed by atoms with van der Waals surface area (Å²) < 4.78 is 11.8. The molecule has 1 amide bonds. The van der Waals surface area contributed by atoms with Gasteiger partial charge in [0.25, 0.3) is 0 Å². The third-order valence-electron chi connectivity index (χ3n) is 1.26. The lowest BCUT2D eigenvalue weighted by molar-refractivity contribution is 0.235. The molecule has 0 heterocycles. The van der Waals surface area contributed by atoms with E-state index in [-0.39, 0.29) is 0 Å². The number of anilines is 1. The van der Waals surface area contributed by atoms with Crippen molar-refractivity contribution in [2.75, 3.05) is 5.32 Å². The summed E-state index contributed by atoms with van der Waals surface area (Å²) >= 11 is 0. The molecule has 60 valence electrons. The van der Waals surface area contributed by atoms with Crippen LogP contribution in [0.3, 0.4) is 0 Å². The standard InChI is InChI=1S/C8H5FN2O/c9-8(12)11-7-3-1-6(5-10)2-4-7/h1-4H,(H,11,12). The van der Waals surface area contributed by atoms with E-state index in [0.29, 0.717) is 11.3 Å². The number of benzene rings is 1. The van der Waals surface area contributed by atoms with Gasteiger partial charge in [0.05, 0.1) is 11.6 Å². The predicted molar refractivity (Wildman–Crippen MR) is 41.3 cm³/mol. The van der Waals surface area contributed by atoms with Crippen LogP contribution in [0, 0.1) is 11.3 Å². The first-order chi connectivity index (χ1) is 5.72. The van der Waals surface area contributed by atoms with Crippen molar-refractivity contribution in [1.82, 2.24) is 0 Å². The maximum Gasteiger partial charge on any atom is 0.401 e. The fraction of sp³-hybridized carbons (Fsp3) is 0. The van der Waals surface area contributed by atoms with Gasteiger partial charge >= 0.3 is 6.16 Å². The molecule has 0 aliphatic carbocycles. The molecule has 0 atom stereocenters. The van der Waals surface area contributed by atoms with Crippen molar-refractivity contribution < 1.29 is 9.18 Å². The predicted octanol–water partition coefficient (Wildman–Crippen LogP) is 2.06. The normalized spacial score (nSPS) is 8.67. The zero-order chi connectivity index (χ0) is 8.97. The fourth-order valence-electron chi connectivity index (χ4n) is 0.742. The molecule has 12 heavy (non-hydrogen) atoms. The molecule has 1 rings (SSSR count). The Kier molecular flexibility index (Phi) is 2.38. The Morgan fingerprint density at radius 1 is 1.42 bits per heavy atom. The van der Waals surface area contributed by atoms with Crippen molar-refractivity contribution in [2.24, 2.45) is 0 Å². The van der Waals surface area contributed by atoms with Crippen LogP contribution in [0.4, 0.5) is 14.9 Å². The van der Waals surface area contributed by atoms with Gasteiger partial charge < -0.3 is 0 Å². The number of halogens is 1. The molecule has 1 N–H and O–H groups in total. The van der Waals surface area contributed by atoms with Crippen LogP contribution in [0.25, 0.3) is 0 Å². The molecule has 0 aliphatic heterocycles. The van der Waals surface area contributed by atoms with Crippen LogP contribution < -0.4 is 5.32 Å². The van der Waals surface area contributed by atoms with Crippen LogP contribution in [0.1, 0.15) is 5.56 Å². The van der Waals surface area contributed by atoms with E-state index in [1.165, 1.54) is 24.3 Å². The van der Waals surface area contributed by atoms with Gasteiger partial charge in [-0.1, -0.05) is 0 Å². The lowest BCUT2D eigenvalue weighted by atomic mass is 10.2. The Morgan fingerprint density at radius 3 is 2.42 bits per heavy atom. The molecule has 0 fully saturated rings. The first-order valence-corrected chi connectivity index (χ1v) is 3.19. The molecule has 0 saturated heterocycles. The minimum absolute atomic E-state index is 0.335. The van der Waals surface area contributed by atoms with Crippen molar-refractivity contribution in [3.8, 4) is 6.07 Å². The minimum Gasteiger partial charge on any atom is -0.298 e. The summed E-state index contributed by atoms with van der Waals surface area (Å²) in [5.74, 6) is 0. The number of nitrogens with one attached hydrogen (secondary N) is 1. The van der Waals surface area contributed by atoms with Gasteiger partial charge in [0.1, 0.15) is 0 Å². The molecule has 0 aliphatic rings. The maximum atomic E-state index is 11.8. The highest BCUT2D eigenvalue weighted by Crippen LogP contribution is 2.08. The molecule has 0 aromatic heterocycles. The number of amides is 1. The van der Waals surface area contributed by atoms with Gasteiger partial charge in [0.2, 0.25) is 0 Å². The third kappa shape index (κ3) is 2.06. The largest absolute Gasteiger partial charge is 0.401 e. The van der Waals surface area contributed by atoms with E-state index in [2.05, 4.69) is 0 Å². The Balaban J connectivity index is 2.80. The molecule has 0 spiro atoms. The zero-order valence-electron chi connectivity index (χ0n) is 6.04. The molecule has 0 unspecified atom stereocenters. The second-order valence-electron chi connectivity index (χ2n) is 2.09. The van der Waals surface area contributed by atoms with Crippen molar-refractivity contribution >= 4 is 11.8 Å². The number of carbonyl (C=O) groups is 1. The van der Waals surface area contributed by atoms with Crippen LogP contribution >= 0.6 is 0 Å². The number of rotatable bonds is 1. The average molecular weight is 164 g/mol. The SMILES string of the molecule is N#Cc1ccc(NC(=O)F)cc1.